The molecule has 2 aliphatic rings. The van der Waals surface area contributed by atoms with Crippen LogP contribution in [0, 0.1) is 24.3 Å². The molecule has 0 atom stereocenters. The van der Waals surface area contributed by atoms with Gasteiger partial charge in [0.2, 0.25) is 0 Å². The molecule has 0 nitrogen and oxygen atoms in total. The predicted octanol–water partition coefficient (Wildman–Crippen LogP) is 12.3. The average Bonchev–Trinajstić information content (AvgIpc) is 3.66. The quantitative estimate of drug-likeness (QED) is 0.136. The third kappa shape index (κ3) is 14.8. The van der Waals surface area contributed by atoms with Crippen molar-refractivity contribution < 1.29 is 24.2 Å². The molecule has 0 unspecified atom stereocenters. The molecule has 0 aliphatic heterocycles. The second-order valence-electron chi connectivity index (χ2n) is 11.8. The molecule has 0 bridgehead atoms. The summed E-state index contributed by atoms with van der Waals surface area (Å²) in [5.41, 5.74) is 8.76. The van der Waals surface area contributed by atoms with E-state index in [9.17, 15) is 0 Å². The Kier molecular flexibility index (Phi) is 20.8. The molecule has 4 aromatic carbocycles. The molecular formula is C39H42Br2Cl2Zr-4. The van der Waals surface area contributed by atoms with Gasteiger partial charge in [0.25, 0.3) is 0 Å². The maximum atomic E-state index is 3.53. The van der Waals surface area contributed by atoms with Gasteiger partial charge >= 0.3 is 28.4 Å². The van der Waals surface area contributed by atoms with E-state index >= 15 is 0 Å². The van der Waals surface area contributed by atoms with Crippen LogP contribution in [-0.2, 0) is 41.5 Å². The van der Waals surface area contributed by atoms with Crippen LogP contribution in [0.5, 0.6) is 0 Å². The fourth-order valence-electron chi connectivity index (χ4n) is 4.06. The molecule has 2 aliphatic carbocycles. The second kappa shape index (κ2) is 21.4. The molecule has 4 aromatic rings. The summed E-state index contributed by atoms with van der Waals surface area (Å²) >= 11 is 7.88. The Morgan fingerprint density at radius 1 is 0.705 bits per heavy atom. The summed E-state index contributed by atoms with van der Waals surface area (Å²) in [7, 11) is 0. The number of rotatable bonds is 0. The van der Waals surface area contributed by atoms with Gasteiger partial charge in [0, 0.05) is 0 Å². The Labute approximate surface area is 311 Å². The average molecular weight is 833 g/mol. The molecule has 0 N–H and O–H groups in total. The molecule has 0 radical (unpaired) electrons. The first-order valence-corrected chi connectivity index (χ1v) is 17.3. The zero-order valence-electron chi connectivity index (χ0n) is 26.4. The van der Waals surface area contributed by atoms with Gasteiger partial charge in [-0.3, -0.25) is 6.08 Å². The van der Waals surface area contributed by atoms with Crippen LogP contribution in [0.2, 0.25) is 0 Å². The molecule has 0 aromatic heterocycles. The summed E-state index contributed by atoms with van der Waals surface area (Å²) in [6.45, 7) is 13.6. The molecule has 0 fully saturated rings. The van der Waals surface area contributed by atoms with Gasteiger partial charge in [-0.2, -0.15) is 96.1 Å². The first kappa shape index (κ1) is 42.7. The fraction of sp³-hybridized carbons (Fsp3) is 0.256. The number of halogens is 4. The van der Waals surface area contributed by atoms with Crippen LogP contribution in [0.25, 0.3) is 11.1 Å². The van der Waals surface area contributed by atoms with Crippen LogP contribution in [0.3, 0.4) is 0 Å². The van der Waals surface area contributed by atoms with E-state index in [-0.39, 0.29) is 35.6 Å². The van der Waals surface area contributed by atoms with Crippen molar-refractivity contribution >= 4 is 60.9 Å². The number of fused-ring (bicyclic) bond motifs is 3. The van der Waals surface area contributed by atoms with Gasteiger partial charge < -0.3 is 0 Å². The molecule has 0 heterocycles. The summed E-state index contributed by atoms with van der Waals surface area (Å²) in [5.74, 6) is 0. The minimum absolute atomic E-state index is 0. The summed E-state index contributed by atoms with van der Waals surface area (Å²) in [6, 6.07) is 36.1. The van der Waals surface area contributed by atoms with E-state index in [0.717, 1.165) is 21.8 Å². The van der Waals surface area contributed by atoms with E-state index in [0.29, 0.717) is 0 Å². The molecule has 5 heteroatoms. The first-order chi connectivity index (χ1) is 19.9. The van der Waals surface area contributed by atoms with E-state index in [1.807, 2.05) is 60.7 Å². The molecular weight excluding hydrogens is 790 g/mol. The zero-order chi connectivity index (χ0) is 31.2. The van der Waals surface area contributed by atoms with Crippen molar-refractivity contribution in [3.63, 3.8) is 0 Å². The molecule has 44 heavy (non-hydrogen) atoms. The second-order valence-corrected chi connectivity index (χ2v) is 13.6. The molecule has 0 amide bonds. The monoisotopic (exact) mass is 828 g/mol. The third-order valence-electron chi connectivity index (χ3n) is 6.47. The van der Waals surface area contributed by atoms with Crippen LogP contribution in [0.4, 0.5) is 0 Å². The Morgan fingerprint density at radius 3 is 1.57 bits per heavy atom. The van der Waals surface area contributed by atoms with E-state index in [1.54, 1.807) is 0 Å². The summed E-state index contributed by atoms with van der Waals surface area (Å²) in [5, 5.41) is 0. The minimum atomic E-state index is 0. The van der Waals surface area contributed by atoms with E-state index in [4.69, 9.17) is 0 Å². The van der Waals surface area contributed by atoms with Crippen LogP contribution >= 0.6 is 56.7 Å². The van der Waals surface area contributed by atoms with Crippen LogP contribution in [-0.4, -0.2) is 4.21 Å². The van der Waals surface area contributed by atoms with Gasteiger partial charge in [-0.15, -0.1) is 36.8 Å². The maximum absolute atomic E-state index is 3.53. The van der Waals surface area contributed by atoms with Gasteiger partial charge in [-0.05, 0) is 17.4 Å². The van der Waals surface area contributed by atoms with Crippen LogP contribution < -0.4 is 0 Å². The summed E-state index contributed by atoms with van der Waals surface area (Å²) in [6.07, 6.45) is 11.0. The van der Waals surface area contributed by atoms with Crippen LogP contribution in [0.1, 0.15) is 70.2 Å². The van der Waals surface area contributed by atoms with Gasteiger partial charge in [0.1, 0.15) is 0 Å². The van der Waals surface area contributed by atoms with Gasteiger partial charge in [-0.1, -0.05) is 117 Å². The number of benzene rings is 4. The third-order valence-corrected chi connectivity index (χ3v) is 7.52. The van der Waals surface area contributed by atoms with E-state index in [1.165, 1.54) is 57.6 Å². The van der Waals surface area contributed by atoms with Gasteiger partial charge in [0.15, 0.2) is 0 Å². The predicted molar refractivity (Wildman–Crippen MR) is 200 cm³/mol. The fourth-order valence-corrected chi connectivity index (χ4v) is 4.59. The molecule has 0 spiro atoms. The van der Waals surface area contributed by atoms with E-state index in [2.05, 4.69) is 138 Å². The summed E-state index contributed by atoms with van der Waals surface area (Å²) in [4.78, 5) is 0. The Hall–Kier alpha value is -1.35. The van der Waals surface area contributed by atoms with Crippen molar-refractivity contribution in [2.24, 2.45) is 0 Å². The van der Waals surface area contributed by atoms with Crippen LogP contribution in [0.15, 0.2) is 106 Å². The van der Waals surface area contributed by atoms with Crippen molar-refractivity contribution in [2.75, 3.05) is 0 Å². The zero-order valence-corrected chi connectivity index (χ0v) is 33.7. The van der Waals surface area contributed by atoms with E-state index < -0.39 is 0 Å². The number of allylic oxidation sites excluding steroid dienone is 4. The van der Waals surface area contributed by atoms with Gasteiger partial charge in [0.05, 0.1) is 0 Å². The van der Waals surface area contributed by atoms with Crippen molar-refractivity contribution in [2.45, 2.75) is 65.2 Å². The van der Waals surface area contributed by atoms with Crippen molar-refractivity contribution in [1.29, 1.82) is 0 Å². The normalized spacial score (nSPS) is 11.5. The Morgan fingerprint density at radius 2 is 1.20 bits per heavy atom. The molecule has 0 saturated heterocycles. The molecule has 6 rings (SSSR count). The van der Waals surface area contributed by atoms with Crippen molar-refractivity contribution in [3.05, 3.63) is 153 Å². The Bertz CT molecular complexity index is 1330. The summed E-state index contributed by atoms with van der Waals surface area (Å²) < 4.78 is 5.55. The van der Waals surface area contributed by atoms with Gasteiger partial charge in [-0.25, -0.2) is 12.2 Å². The molecule has 234 valence electrons. The first-order valence-electron chi connectivity index (χ1n) is 13.9. The standard InChI is InChI=1S/C21H25.2C6H4Br.C5H5.CH2.2ClH.Zr/c1-20(2,3)16-9-7-14-11-15-8-10-17(21(4,5)6)13-19(15)18(14)12-16;2*7-6-4-2-1-3-5-6;1-2-4-5-3-1;;;;/h7,9-10,12-13H,11H2,1-6H3;2*2-5H;1-3H,4H2;1H2;2*1H;/q4*-1;;;;. The number of hydrogen-bond acceptors (Lipinski definition) is 0. The topological polar surface area (TPSA) is 0 Å². The molecule has 0 saturated carbocycles. The van der Waals surface area contributed by atoms with Crippen molar-refractivity contribution in [3.8, 4) is 11.1 Å². The Balaban J connectivity index is 0.000000658. The van der Waals surface area contributed by atoms with Crippen molar-refractivity contribution in [1.82, 2.24) is 0 Å². The number of hydrogen-bond donors (Lipinski definition) is 0. The SMILES string of the molecule is Brc1cc[c-]cc1.Brc1cc[c-]cc1.CC(C)(C)c1c[c-]c2c(c1)-c1cc(C(C)(C)C)ccc1C2.Cl.Cl.[C-]1=CC=CC1.[CH2]=[Zr].